The Hall–Kier alpha value is -3.51. The number of anilines is 1. The smallest absolute Gasteiger partial charge is 0.255 e. The maximum Gasteiger partial charge on any atom is 0.255 e. The summed E-state index contributed by atoms with van der Waals surface area (Å²) in [5, 5.41) is 3.25. The van der Waals surface area contributed by atoms with Gasteiger partial charge in [0.05, 0.1) is 24.9 Å². The SMILES string of the molecule is COc1ccc(C(=O)Nc2cc(-c3nc4cc(C)cc(C)c4o3)ccc2Cl)cc1OC. The summed E-state index contributed by atoms with van der Waals surface area (Å²) in [5.74, 6) is 1.14. The summed E-state index contributed by atoms with van der Waals surface area (Å²) in [4.78, 5) is 17.4. The minimum Gasteiger partial charge on any atom is -0.493 e. The lowest BCUT2D eigenvalue weighted by Gasteiger charge is -2.11. The summed E-state index contributed by atoms with van der Waals surface area (Å²) >= 11 is 6.34. The fraction of sp³-hybridized carbons (Fsp3) is 0.167. The van der Waals surface area contributed by atoms with E-state index in [2.05, 4.69) is 10.3 Å². The summed E-state index contributed by atoms with van der Waals surface area (Å²) in [6.45, 7) is 4.01. The van der Waals surface area contributed by atoms with E-state index < -0.39 is 0 Å². The Morgan fingerprint density at radius 1 is 1.00 bits per heavy atom. The zero-order valence-corrected chi connectivity index (χ0v) is 18.3. The molecule has 1 amide bonds. The van der Waals surface area contributed by atoms with Gasteiger partial charge in [-0.3, -0.25) is 4.79 Å². The highest BCUT2D eigenvalue weighted by molar-refractivity contribution is 6.34. The van der Waals surface area contributed by atoms with Crippen molar-refractivity contribution in [1.82, 2.24) is 4.98 Å². The molecule has 4 rings (SSSR count). The molecule has 0 fully saturated rings. The molecule has 4 aromatic rings. The van der Waals surface area contributed by atoms with Crippen LogP contribution in [0.2, 0.25) is 5.02 Å². The number of fused-ring (bicyclic) bond motifs is 1. The first-order valence-electron chi connectivity index (χ1n) is 9.60. The molecule has 158 valence electrons. The highest BCUT2D eigenvalue weighted by Crippen LogP contribution is 2.33. The number of ether oxygens (including phenoxy) is 2. The summed E-state index contributed by atoms with van der Waals surface area (Å²) in [6, 6.07) is 14.2. The Labute approximate surface area is 184 Å². The van der Waals surface area contributed by atoms with Crippen LogP contribution >= 0.6 is 11.6 Å². The van der Waals surface area contributed by atoms with Gasteiger partial charge in [-0.15, -0.1) is 0 Å². The largest absolute Gasteiger partial charge is 0.493 e. The number of nitrogens with zero attached hydrogens (tertiary/aromatic N) is 1. The highest BCUT2D eigenvalue weighted by atomic mass is 35.5. The van der Waals surface area contributed by atoms with E-state index in [9.17, 15) is 4.79 Å². The molecule has 0 aliphatic heterocycles. The lowest BCUT2D eigenvalue weighted by Crippen LogP contribution is -2.12. The summed E-state index contributed by atoms with van der Waals surface area (Å²) in [6.07, 6.45) is 0. The van der Waals surface area contributed by atoms with Gasteiger partial charge in [0.2, 0.25) is 5.89 Å². The molecule has 1 aromatic heterocycles. The van der Waals surface area contributed by atoms with E-state index >= 15 is 0 Å². The number of hydrogen-bond acceptors (Lipinski definition) is 5. The van der Waals surface area contributed by atoms with Crippen LogP contribution in [-0.4, -0.2) is 25.1 Å². The highest BCUT2D eigenvalue weighted by Gasteiger charge is 2.15. The van der Waals surface area contributed by atoms with Crippen LogP contribution in [0, 0.1) is 13.8 Å². The van der Waals surface area contributed by atoms with Gasteiger partial charge in [0.15, 0.2) is 17.1 Å². The van der Waals surface area contributed by atoms with Crippen molar-refractivity contribution in [1.29, 1.82) is 0 Å². The average Bonchev–Trinajstić information content (AvgIpc) is 3.19. The molecule has 1 N–H and O–H groups in total. The van der Waals surface area contributed by atoms with E-state index in [0.29, 0.717) is 39.2 Å². The molecule has 1 heterocycles. The topological polar surface area (TPSA) is 73.6 Å². The third kappa shape index (κ3) is 4.07. The molecular formula is C24H21ClN2O4. The van der Waals surface area contributed by atoms with Gasteiger partial charge in [0.25, 0.3) is 5.91 Å². The van der Waals surface area contributed by atoms with Crippen LogP contribution in [0.4, 0.5) is 5.69 Å². The minimum absolute atomic E-state index is 0.330. The van der Waals surface area contributed by atoms with Crippen molar-refractivity contribution in [3.63, 3.8) is 0 Å². The molecule has 0 atom stereocenters. The first-order valence-corrected chi connectivity index (χ1v) is 9.98. The van der Waals surface area contributed by atoms with Gasteiger partial charge in [-0.1, -0.05) is 17.7 Å². The van der Waals surface area contributed by atoms with Crippen molar-refractivity contribution >= 4 is 34.3 Å². The minimum atomic E-state index is -0.330. The van der Waals surface area contributed by atoms with Gasteiger partial charge in [-0.05, 0) is 67.4 Å². The molecule has 0 saturated heterocycles. The third-order valence-electron chi connectivity index (χ3n) is 4.93. The Balaban J connectivity index is 1.66. The van der Waals surface area contributed by atoms with E-state index in [1.54, 1.807) is 36.4 Å². The summed E-state index contributed by atoms with van der Waals surface area (Å²) in [5.41, 5.74) is 5.24. The predicted octanol–water partition coefficient (Wildman–Crippen LogP) is 6.03. The third-order valence-corrected chi connectivity index (χ3v) is 5.26. The molecule has 6 nitrogen and oxygen atoms in total. The first kappa shape index (κ1) is 20.8. The van der Waals surface area contributed by atoms with E-state index in [1.807, 2.05) is 26.0 Å². The Bertz CT molecular complexity index is 1300. The molecule has 0 radical (unpaired) electrons. The van der Waals surface area contributed by atoms with Gasteiger partial charge < -0.3 is 19.2 Å². The van der Waals surface area contributed by atoms with Gasteiger partial charge in [-0.25, -0.2) is 4.98 Å². The van der Waals surface area contributed by atoms with Crippen molar-refractivity contribution in [3.05, 3.63) is 70.2 Å². The maximum atomic E-state index is 12.8. The lowest BCUT2D eigenvalue weighted by atomic mass is 10.1. The second kappa shape index (κ2) is 8.32. The van der Waals surface area contributed by atoms with Gasteiger partial charge in [0, 0.05) is 11.1 Å². The monoisotopic (exact) mass is 436 g/mol. The van der Waals surface area contributed by atoms with Crippen LogP contribution in [0.3, 0.4) is 0 Å². The van der Waals surface area contributed by atoms with E-state index in [-0.39, 0.29) is 5.91 Å². The first-order chi connectivity index (χ1) is 14.9. The molecule has 0 unspecified atom stereocenters. The second-order valence-electron chi connectivity index (χ2n) is 7.17. The Morgan fingerprint density at radius 3 is 2.52 bits per heavy atom. The van der Waals surface area contributed by atoms with Crippen LogP contribution in [0.25, 0.3) is 22.6 Å². The molecule has 7 heteroatoms. The number of aryl methyl sites for hydroxylation is 2. The number of halogens is 1. The number of aromatic nitrogens is 1. The number of rotatable bonds is 5. The zero-order valence-electron chi connectivity index (χ0n) is 17.6. The molecule has 0 aliphatic carbocycles. The molecule has 0 spiro atoms. The number of carbonyl (C=O) groups is 1. The van der Waals surface area contributed by atoms with Crippen LogP contribution in [0.15, 0.2) is 52.9 Å². The maximum absolute atomic E-state index is 12.8. The van der Waals surface area contributed by atoms with Crippen LogP contribution in [-0.2, 0) is 0 Å². The quantitative estimate of drug-likeness (QED) is 0.413. The van der Waals surface area contributed by atoms with Gasteiger partial charge in [0.1, 0.15) is 5.52 Å². The molecule has 0 saturated carbocycles. The number of nitrogens with one attached hydrogen (secondary N) is 1. The summed E-state index contributed by atoms with van der Waals surface area (Å²) in [7, 11) is 3.06. The zero-order chi connectivity index (χ0) is 22.1. The molecule has 3 aromatic carbocycles. The Kier molecular flexibility index (Phi) is 5.57. The van der Waals surface area contributed by atoms with Crippen molar-refractivity contribution in [2.75, 3.05) is 19.5 Å². The Morgan fingerprint density at radius 2 is 1.77 bits per heavy atom. The van der Waals surface area contributed by atoms with Gasteiger partial charge >= 0.3 is 0 Å². The number of methoxy groups -OCH3 is 2. The average molecular weight is 437 g/mol. The van der Waals surface area contributed by atoms with Crippen LogP contribution < -0.4 is 14.8 Å². The second-order valence-corrected chi connectivity index (χ2v) is 7.57. The van der Waals surface area contributed by atoms with E-state index in [1.165, 1.54) is 14.2 Å². The van der Waals surface area contributed by atoms with Crippen LogP contribution in [0.1, 0.15) is 21.5 Å². The molecule has 0 bridgehead atoms. The molecule has 0 aliphatic rings. The number of hydrogen-bond donors (Lipinski definition) is 1. The van der Waals surface area contributed by atoms with Crippen molar-refractivity contribution < 1.29 is 18.7 Å². The van der Waals surface area contributed by atoms with Crippen LogP contribution in [0.5, 0.6) is 11.5 Å². The normalized spacial score (nSPS) is 10.9. The predicted molar refractivity (Wildman–Crippen MR) is 121 cm³/mol. The number of benzene rings is 3. The fourth-order valence-electron chi connectivity index (χ4n) is 3.43. The van der Waals surface area contributed by atoms with Crippen molar-refractivity contribution in [2.24, 2.45) is 0 Å². The standard InChI is InChI=1S/C24H21ClN2O4/c1-13-9-14(2)22-19(10-13)27-24(31-22)16-5-7-17(25)18(11-16)26-23(28)15-6-8-20(29-3)21(12-15)30-4/h5-12H,1-4H3,(H,26,28). The number of amides is 1. The van der Waals surface area contributed by atoms with Crippen molar-refractivity contribution in [2.45, 2.75) is 13.8 Å². The lowest BCUT2D eigenvalue weighted by molar-refractivity contribution is 0.102. The molecular weight excluding hydrogens is 416 g/mol. The number of oxazole rings is 1. The fourth-order valence-corrected chi connectivity index (χ4v) is 3.59. The molecule has 31 heavy (non-hydrogen) atoms. The summed E-state index contributed by atoms with van der Waals surface area (Å²) < 4.78 is 16.5. The number of carbonyl (C=O) groups excluding carboxylic acids is 1. The van der Waals surface area contributed by atoms with E-state index in [4.69, 9.17) is 25.5 Å². The van der Waals surface area contributed by atoms with E-state index in [0.717, 1.165) is 22.2 Å². The van der Waals surface area contributed by atoms with Crippen molar-refractivity contribution in [3.8, 4) is 23.0 Å². The van der Waals surface area contributed by atoms with Gasteiger partial charge in [-0.2, -0.15) is 0 Å².